The van der Waals surface area contributed by atoms with Gasteiger partial charge in [0.1, 0.15) is 6.54 Å². The highest BCUT2D eigenvalue weighted by Crippen LogP contribution is 2.22. The molecule has 0 aliphatic carbocycles. The molecule has 102 valence electrons. The van der Waals surface area contributed by atoms with E-state index >= 15 is 0 Å². The van der Waals surface area contributed by atoms with Gasteiger partial charge in [-0.15, -0.1) is 0 Å². The van der Waals surface area contributed by atoms with Gasteiger partial charge in [-0.3, -0.25) is 0 Å². The smallest absolute Gasteiger partial charge is 0.104 e. The number of nitrogens with zero attached hydrogens (tertiary/aromatic N) is 2. The van der Waals surface area contributed by atoms with Gasteiger partial charge < -0.3 is 9.22 Å². The number of hydrogen-bond acceptors (Lipinski definition) is 2. The van der Waals surface area contributed by atoms with Crippen molar-refractivity contribution in [2.45, 2.75) is 31.9 Å². The van der Waals surface area contributed by atoms with Crippen molar-refractivity contribution in [1.29, 1.82) is 5.26 Å². The molecule has 0 aromatic heterocycles. The van der Waals surface area contributed by atoms with E-state index in [1.807, 2.05) is 0 Å². The number of piperidine rings is 1. The summed E-state index contributed by atoms with van der Waals surface area (Å²) < 4.78 is 6.83. The second-order valence-electron chi connectivity index (χ2n) is 5.69. The van der Waals surface area contributed by atoms with E-state index < -0.39 is 0 Å². The van der Waals surface area contributed by atoms with Crippen LogP contribution in [-0.4, -0.2) is 37.3 Å². The first-order chi connectivity index (χ1) is 9.22. The van der Waals surface area contributed by atoms with Crippen molar-refractivity contribution >= 4 is 0 Å². The molecule has 3 nitrogen and oxygen atoms in total. The summed E-state index contributed by atoms with van der Waals surface area (Å²) in [6.45, 7) is 4.01. The zero-order chi connectivity index (χ0) is 13.6. The van der Waals surface area contributed by atoms with Crippen LogP contribution in [0, 0.1) is 11.3 Å². The van der Waals surface area contributed by atoms with Crippen molar-refractivity contribution in [3.05, 3.63) is 35.9 Å². The second-order valence-corrected chi connectivity index (χ2v) is 5.69. The summed E-state index contributed by atoms with van der Waals surface area (Å²) >= 11 is 0. The van der Waals surface area contributed by atoms with Crippen molar-refractivity contribution in [2.24, 2.45) is 0 Å². The monoisotopic (exact) mass is 259 g/mol. The predicted molar refractivity (Wildman–Crippen MR) is 75.3 cm³/mol. The van der Waals surface area contributed by atoms with Gasteiger partial charge in [0.2, 0.25) is 0 Å². The van der Waals surface area contributed by atoms with Crippen LogP contribution in [0.15, 0.2) is 30.3 Å². The lowest BCUT2D eigenvalue weighted by molar-refractivity contribution is -0.928. The fraction of sp³-hybridized carbons (Fsp3) is 0.562. The fourth-order valence-corrected chi connectivity index (χ4v) is 2.79. The first-order valence-electron chi connectivity index (χ1n) is 7.08. The topological polar surface area (TPSA) is 33.0 Å². The standard InChI is InChI=1S/C16H23N2O/c1-18(14-15-6-3-2-4-7-15)11-8-16(9-12-18)19-13-5-10-17/h2-4,6-7,16H,5,8-9,11-14H2,1H3/q+1. The van der Waals surface area contributed by atoms with E-state index in [0.29, 0.717) is 19.1 Å². The summed E-state index contributed by atoms with van der Waals surface area (Å²) in [5.41, 5.74) is 1.41. The third-order valence-electron chi connectivity index (χ3n) is 3.96. The van der Waals surface area contributed by atoms with E-state index in [2.05, 4.69) is 43.4 Å². The van der Waals surface area contributed by atoms with Crippen LogP contribution >= 0.6 is 0 Å². The summed E-state index contributed by atoms with van der Waals surface area (Å²) in [6, 6.07) is 12.8. The van der Waals surface area contributed by atoms with Gasteiger partial charge in [0, 0.05) is 18.4 Å². The molecule has 0 atom stereocenters. The molecule has 1 saturated heterocycles. The Balaban J connectivity index is 1.80. The van der Waals surface area contributed by atoms with E-state index in [-0.39, 0.29) is 0 Å². The molecular formula is C16H23N2O+. The quantitative estimate of drug-likeness (QED) is 0.601. The Labute approximate surface area is 116 Å². The van der Waals surface area contributed by atoms with Crippen LogP contribution in [0.2, 0.25) is 0 Å². The van der Waals surface area contributed by atoms with Gasteiger partial charge in [-0.25, -0.2) is 0 Å². The SMILES string of the molecule is C[N+]1(Cc2ccccc2)CCC(OCCC#N)CC1. The minimum absolute atomic E-state index is 0.357. The molecule has 0 saturated carbocycles. The van der Waals surface area contributed by atoms with Crippen LogP contribution in [0.3, 0.4) is 0 Å². The average molecular weight is 259 g/mol. The van der Waals surface area contributed by atoms with Gasteiger partial charge in [0.25, 0.3) is 0 Å². The van der Waals surface area contributed by atoms with Crippen LogP contribution in [0.1, 0.15) is 24.8 Å². The molecule has 0 N–H and O–H groups in total. The van der Waals surface area contributed by atoms with E-state index in [1.165, 1.54) is 5.56 Å². The summed E-state index contributed by atoms with van der Waals surface area (Å²) in [7, 11) is 2.33. The molecule has 2 rings (SSSR count). The van der Waals surface area contributed by atoms with Crippen LogP contribution < -0.4 is 0 Å². The van der Waals surface area contributed by atoms with Crippen molar-refractivity contribution in [3.63, 3.8) is 0 Å². The Morgan fingerprint density at radius 1 is 1.26 bits per heavy atom. The molecule has 1 heterocycles. The number of rotatable bonds is 5. The maximum atomic E-state index is 8.51. The number of nitriles is 1. The van der Waals surface area contributed by atoms with Gasteiger partial charge in [0.15, 0.2) is 0 Å². The van der Waals surface area contributed by atoms with Crippen molar-refractivity contribution in [2.75, 3.05) is 26.7 Å². The molecule has 0 unspecified atom stereocenters. The van der Waals surface area contributed by atoms with Crippen molar-refractivity contribution < 1.29 is 9.22 Å². The fourth-order valence-electron chi connectivity index (χ4n) is 2.79. The minimum atomic E-state index is 0.357. The molecule has 1 aromatic rings. The lowest BCUT2D eigenvalue weighted by Gasteiger charge is -2.40. The minimum Gasteiger partial charge on any atom is -0.377 e. The highest BCUT2D eigenvalue weighted by atomic mass is 16.5. The van der Waals surface area contributed by atoms with Crippen LogP contribution in [0.5, 0.6) is 0 Å². The number of hydrogen-bond donors (Lipinski definition) is 0. The van der Waals surface area contributed by atoms with Crippen LogP contribution in [0.25, 0.3) is 0 Å². The van der Waals surface area contributed by atoms with Crippen LogP contribution in [-0.2, 0) is 11.3 Å². The van der Waals surface area contributed by atoms with E-state index in [9.17, 15) is 0 Å². The molecule has 19 heavy (non-hydrogen) atoms. The first-order valence-corrected chi connectivity index (χ1v) is 7.08. The van der Waals surface area contributed by atoms with Crippen LogP contribution in [0.4, 0.5) is 0 Å². The van der Waals surface area contributed by atoms with E-state index in [4.69, 9.17) is 10.00 Å². The summed E-state index contributed by atoms with van der Waals surface area (Å²) in [5.74, 6) is 0. The van der Waals surface area contributed by atoms with Gasteiger partial charge in [0.05, 0.1) is 45.3 Å². The number of benzene rings is 1. The first kappa shape index (κ1) is 14.0. The van der Waals surface area contributed by atoms with Gasteiger partial charge in [-0.1, -0.05) is 30.3 Å². The van der Waals surface area contributed by atoms with E-state index in [0.717, 1.165) is 37.0 Å². The Kier molecular flexibility index (Phi) is 4.95. The van der Waals surface area contributed by atoms with Crippen molar-refractivity contribution in [1.82, 2.24) is 0 Å². The molecule has 1 aliphatic heterocycles. The Morgan fingerprint density at radius 2 is 1.95 bits per heavy atom. The predicted octanol–water partition coefficient (Wildman–Crippen LogP) is 2.73. The highest BCUT2D eigenvalue weighted by molar-refractivity contribution is 5.13. The maximum absolute atomic E-state index is 8.51. The van der Waals surface area contributed by atoms with E-state index in [1.54, 1.807) is 0 Å². The summed E-state index contributed by atoms with van der Waals surface area (Å²) in [5, 5.41) is 8.51. The highest BCUT2D eigenvalue weighted by Gasteiger charge is 2.30. The molecule has 1 aliphatic rings. The molecule has 1 aromatic carbocycles. The Hall–Kier alpha value is -1.37. The number of likely N-dealkylation sites (tertiary alicyclic amines) is 1. The molecule has 3 heteroatoms. The zero-order valence-corrected chi connectivity index (χ0v) is 11.7. The molecule has 1 fully saturated rings. The summed E-state index contributed by atoms with van der Waals surface area (Å²) in [6.07, 6.45) is 3.08. The largest absolute Gasteiger partial charge is 0.377 e. The maximum Gasteiger partial charge on any atom is 0.104 e. The third kappa shape index (κ3) is 4.34. The van der Waals surface area contributed by atoms with Crippen molar-refractivity contribution in [3.8, 4) is 6.07 Å². The normalized spacial score (nSPS) is 26.8. The Morgan fingerprint density at radius 3 is 2.58 bits per heavy atom. The average Bonchev–Trinajstić information content (AvgIpc) is 2.42. The molecule has 0 spiro atoms. The number of ether oxygens (including phenoxy) is 1. The Bertz CT molecular complexity index is 416. The molecular weight excluding hydrogens is 236 g/mol. The third-order valence-corrected chi connectivity index (χ3v) is 3.96. The van der Waals surface area contributed by atoms with Gasteiger partial charge in [-0.2, -0.15) is 5.26 Å². The lowest BCUT2D eigenvalue weighted by Crippen LogP contribution is -2.50. The van der Waals surface area contributed by atoms with Gasteiger partial charge >= 0.3 is 0 Å². The summed E-state index contributed by atoms with van der Waals surface area (Å²) in [4.78, 5) is 0. The lowest BCUT2D eigenvalue weighted by atomic mass is 10.0. The number of quaternary nitrogens is 1. The van der Waals surface area contributed by atoms with Gasteiger partial charge in [-0.05, 0) is 0 Å². The molecule has 0 bridgehead atoms. The molecule has 0 radical (unpaired) electrons. The second kappa shape index (κ2) is 6.70. The molecule has 0 amide bonds. The zero-order valence-electron chi connectivity index (χ0n) is 11.7.